The van der Waals surface area contributed by atoms with Crippen LogP contribution in [-0.2, 0) is 9.53 Å². The fraction of sp³-hybridized carbons (Fsp3) is 0.389. The van der Waals surface area contributed by atoms with Gasteiger partial charge in [-0.2, -0.15) is 0 Å². The number of hydrogen-bond acceptors (Lipinski definition) is 3. The van der Waals surface area contributed by atoms with Gasteiger partial charge in [0, 0.05) is 19.0 Å². The summed E-state index contributed by atoms with van der Waals surface area (Å²) in [6, 6.07) is 14.6. The monoisotopic (exact) mass is 298 g/mol. The SMILES string of the molecule is CC(NC(=O)CC1COCCN1)c1cccc2ccccc12. The Hall–Kier alpha value is -1.91. The molecule has 116 valence electrons. The highest BCUT2D eigenvalue weighted by atomic mass is 16.5. The average Bonchev–Trinajstić information content (AvgIpc) is 2.55. The Kier molecular flexibility index (Phi) is 4.71. The molecule has 22 heavy (non-hydrogen) atoms. The second-order valence-corrected chi connectivity index (χ2v) is 5.79. The van der Waals surface area contributed by atoms with Gasteiger partial charge in [-0.05, 0) is 23.3 Å². The molecule has 2 aromatic carbocycles. The minimum atomic E-state index is -0.0110. The lowest BCUT2D eigenvalue weighted by atomic mass is 9.99. The van der Waals surface area contributed by atoms with Gasteiger partial charge in [0.25, 0.3) is 0 Å². The smallest absolute Gasteiger partial charge is 0.222 e. The molecule has 1 fully saturated rings. The summed E-state index contributed by atoms with van der Waals surface area (Å²) in [4.78, 5) is 12.2. The Morgan fingerprint density at radius 1 is 1.32 bits per heavy atom. The third-order valence-electron chi connectivity index (χ3n) is 4.10. The third-order valence-corrected chi connectivity index (χ3v) is 4.10. The van der Waals surface area contributed by atoms with Gasteiger partial charge in [0.05, 0.1) is 19.3 Å². The Balaban J connectivity index is 1.67. The molecule has 0 bridgehead atoms. The number of ether oxygens (including phenoxy) is 1. The van der Waals surface area contributed by atoms with E-state index in [9.17, 15) is 4.79 Å². The van der Waals surface area contributed by atoms with Gasteiger partial charge in [0.15, 0.2) is 0 Å². The molecule has 0 saturated carbocycles. The summed E-state index contributed by atoms with van der Waals surface area (Å²) in [6.45, 7) is 4.18. The van der Waals surface area contributed by atoms with Crippen molar-refractivity contribution in [2.24, 2.45) is 0 Å². The summed E-state index contributed by atoms with van der Waals surface area (Å²) in [7, 11) is 0. The molecule has 1 heterocycles. The Morgan fingerprint density at radius 3 is 2.95 bits per heavy atom. The summed E-state index contributed by atoms with van der Waals surface area (Å²) < 4.78 is 5.39. The number of nitrogens with one attached hydrogen (secondary N) is 2. The Labute approximate surface area is 130 Å². The molecule has 2 N–H and O–H groups in total. The molecule has 4 heteroatoms. The van der Waals surface area contributed by atoms with E-state index in [4.69, 9.17) is 4.74 Å². The summed E-state index contributed by atoms with van der Waals surface area (Å²) in [5, 5.41) is 8.80. The van der Waals surface area contributed by atoms with E-state index in [2.05, 4.69) is 34.9 Å². The van der Waals surface area contributed by atoms with E-state index in [1.54, 1.807) is 0 Å². The van der Waals surface area contributed by atoms with Gasteiger partial charge in [-0.3, -0.25) is 4.79 Å². The highest BCUT2D eigenvalue weighted by Crippen LogP contribution is 2.24. The van der Waals surface area contributed by atoms with E-state index in [0.29, 0.717) is 13.0 Å². The number of carbonyl (C=O) groups is 1. The molecule has 1 amide bonds. The van der Waals surface area contributed by atoms with Crippen LogP contribution in [0.25, 0.3) is 10.8 Å². The van der Waals surface area contributed by atoms with Crippen molar-refractivity contribution in [2.45, 2.75) is 25.4 Å². The second-order valence-electron chi connectivity index (χ2n) is 5.79. The zero-order valence-corrected chi connectivity index (χ0v) is 12.8. The van der Waals surface area contributed by atoms with E-state index >= 15 is 0 Å². The van der Waals surface area contributed by atoms with Crippen LogP contribution in [0, 0.1) is 0 Å². The molecule has 3 rings (SSSR count). The molecule has 1 saturated heterocycles. The molecule has 2 atom stereocenters. The van der Waals surface area contributed by atoms with Gasteiger partial charge in [0.1, 0.15) is 0 Å². The topological polar surface area (TPSA) is 50.4 Å². The maximum absolute atomic E-state index is 12.2. The second kappa shape index (κ2) is 6.90. The summed E-state index contributed by atoms with van der Waals surface area (Å²) >= 11 is 0. The van der Waals surface area contributed by atoms with Crippen LogP contribution in [0.15, 0.2) is 42.5 Å². The minimum absolute atomic E-state index is 0.0110. The first-order valence-corrected chi connectivity index (χ1v) is 7.82. The van der Waals surface area contributed by atoms with Gasteiger partial charge in [-0.25, -0.2) is 0 Å². The molecule has 0 spiro atoms. The first-order valence-electron chi connectivity index (χ1n) is 7.82. The summed E-state index contributed by atoms with van der Waals surface area (Å²) in [6.07, 6.45) is 0.453. The summed E-state index contributed by atoms with van der Waals surface area (Å²) in [5.41, 5.74) is 1.15. The first-order chi connectivity index (χ1) is 10.7. The molecule has 4 nitrogen and oxygen atoms in total. The van der Waals surface area contributed by atoms with E-state index in [-0.39, 0.29) is 18.0 Å². The summed E-state index contributed by atoms with van der Waals surface area (Å²) in [5.74, 6) is 0.0587. The van der Waals surface area contributed by atoms with Crippen molar-refractivity contribution in [3.05, 3.63) is 48.0 Å². The molecule has 0 aliphatic carbocycles. The quantitative estimate of drug-likeness (QED) is 0.911. The van der Waals surface area contributed by atoms with Crippen LogP contribution in [0.2, 0.25) is 0 Å². The predicted octanol–water partition coefficient (Wildman–Crippen LogP) is 2.40. The highest BCUT2D eigenvalue weighted by molar-refractivity contribution is 5.87. The third kappa shape index (κ3) is 3.46. The van der Waals surface area contributed by atoms with Crippen LogP contribution >= 0.6 is 0 Å². The van der Waals surface area contributed by atoms with Crippen molar-refractivity contribution in [1.82, 2.24) is 10.6 Å². The lowest BCUT2D eigenvalue weighted by Crippen LogP contribution is -2.44. The molecular weight excluding hydrogens is 276 g/mol. The predicted molar refractivity (Wildman–Crippen MR) is 87.7 cm³/mol. The van der Waals surface area contributed by atoms with Gasteiger partial charge >= 0.3 is 0 Å². The zero-order valence-electron chi connectivity index (χ0n) is 12.8. The zero-order chi connectivity index (χ0) is 15.4. The van der Waals surface area contributed by atoms with Crippen molar-refractivity contribution >= 4 is 16.7 Å². The number of rotatable bonds is 4. The Bertz CT molecular complexity index is 645. The van der Waals surface area contributed by atoms with Gasteiger partial charge in [-0.15, -0.1) is 0 Å². The van der Waals surface area contributed by atoms with Crippen LogP contribution < -0.4 is 10.6 Å². The van der Waals surface area contributed by atoms with Crippen LogP contribution in [0.3, 0.4) is 0 Å². The van der Waals surface area contributed by atoms with E-state index in [1.165, 1.54) is 10.8 Å². The van der Waals surface area contributed by atoms with Gasteiger partial charge in [-0.1, -0.05) is 42.5 Å². The normalized spacial score (nSPS) is 19.8. The molecule has 1 aliphatic rings. The van der Waals surface area contributed by atoms with Gasteiger partial charge in [0.2, 0.25) is 5.91 Å². The van der Waals surface area contributed by atoms with E-state index in [1.807, 2.05) is 25.1 Å². The van der Waals surface area contributed by atoms with Crippen molar-refractivity contribution in [2.75, 3.05) is 19.8 Å². The first kappa shape index (κ1) is 15.0. The lowest BCUT2D eigenvalue weighted by molar-refractivity contribution is -0.122. The van der Waals surface area contributed by atoms with Crippen molar-refractivity contribution in [1.29, 1.82) is 0 Å². The van der Waals surface area contributed by atoms with Crippen molar-refractivity contribution in [3.8, 4) is 0 Å². The number of amides is 1. The van der Waals surface area contributed by atoms with Crippen molar-refractivity contribution < 1.29 is 9.53 Å². The maximum Gasteiger partial charge on any atom is 0.222 e. The number of benzene rings is 2. The number of carbonyl (C=O) groups excluding carboxylic acids is 1. The van der Waals surface area contributed by atoms with E-state index < -0.39 is 0 Å². The number of fused-ring (bicyclic) bond motifs is 1. The van der Waals surface area contributed by atoms with Crippen LogP contribution in [0.5, 0.6) is 0 Å². The fourth-order valence-corrected chi connectivity index (χ4v) is 2.98. The van der Waals surface area contributed by atoms with Crippen molar-refractivity contribution in [3.63, 3.8) is 0 Å². The minimum Gasteiger partial charge on any atom is -0.378 e. The largest absolute Gasteiger partial charge is 0.378 e. The highest BCUT2D eigenvalue weighted by Gasteiger charge is 2.18. The van der Waals surface area contributed by atoms with Gasteiger partial charge < -0.3 is 15.4 Å². The van der Waals surface area contributed by atoms with E-state index in [0.717, 1.165) is 18.7 Å². The molecule has 1 aliphatic heterocycles. The number of morpholine rings is 1. The number of hydrogen-bond donors (Lipinski definition) is 2. The van der Waals surface area contributed by atoms with Crippen LogP contribution in [-0.4, -0.2) is 31.7 Å². The fourth-order valence-electron chi connectivity index (χ4n) is 2.98. The average molecular weight is 298 g/mol. The standard InChI is InChI=1S/C18H22N2O2/c1-13(20-18(21)11-15-12-22-10-9-19-15)16-8-4-6-14-5-2-3-7-17(14)16/h2-8,13,15,19H,9-12H2,1H3,(H,20,21). The maximum atomic E-state index is 12.2. The molecule has 0 radical (unpaired) electrons. The Morgan fingerprint density at radius 2 is 2.14 bits per heavy atom. The molecule has 0 aromatic heterocycles. The molecular formula is C18H22N2O2. The molecule has 2 unspecified atom stereocenters. The van der Waals surface area contributed by atoms with Crippen LogP contribution in [0.1, 0.15) is 24.9 Å². The van der Waals surface area contributed by atoms with Crippen LogP contribution in [0.4, 0.5) is 0 Å². The molecule has 2 aromatic rings. The lowest BCUT2D eigenvalue weighted by Gasteiger charge is -2.24.